The summed E-state index contributed by atoms with van der Waals surface area (Å²) in [6.45, 7) is 5.64. The van der Waals surface area contributed by atoms with Crippen LogP contribution in [-0.2, 0) is 18.8 Å². The second-order valence-electron chi connectivity index (χ2n) is 8.57. The van der Waals surface area contributed by atoms with Crippen molar-refractivity contribution < 1.29 is 23.3 Å². The van der Waals surface area contributed by atoms with Crippen LogP contribution < -0.4 is 14.9 Å². The molecule has 0 spiro atoms. The maximum absolute atomic E-state index is 12.3. The third-order valence-electron chi connectivity index (χ3n) is 5.39. The lowest BCUT2D eigenvalue weighted by atomic mass is 10.2. The number of H-pyrrole nitrogens is 1. The van der Waals surface area contributed by atoms with Crippen molar-refractivity contribution in [3.8, 4) is 5.75 Å². The lowest BCUT2D eigenvalue weighted by molar-refractivity contribution is -0.149. The Labute approximate surface area is 215 Å². The van der Waals surface area contributed by atoms with E-state index in [1.54, 1.807) is 20.3 Å². The summed E-state index contributed by atoms with van der Waals surface area (Å²) in [7, 11) is 0.136. The van der Waals surface area contributed by atoms with Gasteiger partial charge in [-0.3, -0.25) is 9.36 Å². The van der Waals surface area contributed by atoms with Crippen LogP contribution in [0.1, 0.15) is 39.8 Å². The number of para-hydroxylation sites is 1. The van der Waals surface area contributed by atoms with Crippen LogP contribution in [0.25, 0.3) is 11.2 Å². The number of anilines is 1. The number of hydrogen-bond donors (Lipinski definition) is 3. The van der Waals surface area contributed by atoms with E-state index in [9.17, 15) is 4.79 Å². The zero-order chi connectivity index (χ0) is 25.7. The first-order valence-corrected chi connectivity index (χ1v) is 13.4. The van der Waals surface area contributed by atoms with Crippen molar-refractivity contribution in [3.63, 3.8) is 0 Å². The molecule has 194 valence electrons. The Morgan fingerprint density at radius 2 is 2.08 bits per heavy atom. The van der Waals surface area contributed by atoms with Gasteiger partial charge in [0.25, 0.3) is 0 Å². The Morgan fingerprint density at radius 1 is 1.31 bits per heavy atom. The number of benzene rings is 1. The summed E-state index contributed by atoms with van der Waals surface area (Å²) in [6, 6.07) is 8.72. The molecule has 13 heteroatoms. The van der Waals surface area contributed by atoms with Crippen LogP contribution in [-0.4, -0.2) is 57.4 Å². The molecule has 0 aliphatic carbocycles. The third-order valence-corrected chi connectivity index (χ3v) is 7.04. The maximum atomic E-state index is 12.3. The molecule has 11 nitrogen and oxygen atoms in total. The van der Waals surface area contributed by atoms with Gasteiger partial charge in [0.1, 0.15) is 29.2 Å². The fourth-order valence-electron chi connectivity index (χ4n) is 3.65. The Morgan fingerprint density at radius 3 is 2.81 bits per heavy atom. The number of aromatic amines is 1. The van der Waals surface area contributed by atoms with Gasteiger partial charge < -0.3 is 28.8 Å². The normalized spacial score (nSPS) is 19.4. The number of aromatic nitrogens is 4. The van der Waals surface area contributed by atoms with Crippen LogP contribution in [0.3, 0.4) is 0 Å². The van der Waals surface area contributed by atoms with Gasteiger partial charge >= 0.3 is 14.5 Å². The standard InChI is InChI=1S/C23H31N6O5PS/c1-14(2)32-22(30)15(3)28-35(34-16-8-6-5-7-9-16)31-12-17-10-11-18(33-17)29-13-25-19-20(29)26-23(24-4)27-21(19)36/h5-9,13-15,17-18,28H,10-12H2,1-4H3,(H2,24,26,27,36). The van der Waals surface area contributed by atoms with E-state index in [0.29, 0.717) is 28.5 Å². The highest BCUT2D eigenvalue weighted by molar-refractivity contribution is 7.71. The van der Waals surface area contributed by atoms with Crippen molar-refractivity contribution >= 4 is 43.8 Å². The number of ether oxygens (including phenoxy) is 2. The van der Waals surface area contributed by atoms with E-state index < -0.39 is 14.6 Å². The molecule has 0 saturated carbocycles. The topological polar surface area (TPSA) is 125 Å². The highest BCUT2D eigenvalue weighted by Gasteiger charge is 2.30. The minimum atomic E-state index is -1.63. The molecular weight excluding hydrogens is 503 g/mol. The largest absolute Gasteiger partial charge is 0.462 e. The lowest BCUT2D eigenvalue weighted by Crippen LogP contribution is -2.35. The zero-order valence-corrected chi connectivity index (χ0v) is 22.3. The molecule has 1 aromatic carbocycles. The van der Waals surface area contributed by atoms with Crippen LogP contribution in [0.15, 0.2) is 36.7 Å². The Balaban J connectivity index is 1.40. The summed E-state index contributed by atoms with van der Waals surface area (Å²) < 4.78 is 26.0. The summed E-state index contributed by atoms with van der Waals surface area (Å²) in [6.07, 6.45) is 2.68. The van der Waals surface area contributed by atoms with Crippen LogP contribution in [0, 0.1) is 4.64 Å². The van der Waals surface area contributed by atoms with Gasteiger partial charge in [0.15, 0.2) is 4.64 Å². The van der Waals surface area contributed by atoms with Gasteiger partial charge in [-0.1, -0.05) is 30.4 Å². The summed E-state index contributed by atoms with van der Waals surface area (Å²) in [5, 5.41) is 6.10. The van der Waals surface area contributed by atoms with Gasteiger partial charge in [0, 0.05) is 7.05 Å². The number of carbonyl (C=O) groups is 1. The number of nitrogens with one attached hydrogen (secondary N) is 3. The fraction of sp³-hybridized carbons (Fsp3) is 0.478. The van der Waals surface area contributed by atoms with Crippen LogP contribution in [0.4, 0.5) is 5.95 Å². The highest BCUT2D eigenvalue weighted by Crippen LogP contribution is 2.38. The fourth-order valence-corrected chi connectivity index (χ4v) is 5.11. The minimum Gasteiger partial charge on any atom is -0.462 e. The van der Waals surface area contributed by atoms with Gasteiger partial charge in [-0.2, -0.15) is 0 Å². The van der Waals surface area contributed by atoms with Crippen molar-refractivity contribution in [1.82, 2.24) is 24.6 Å². The molecule has 0 radical (unpaired) electrons. The predicted octanol–water partition coefficient (Wildman–Crippen LogP) is 4.46. The van der Waals surface area contributed by atoms with E-state index in [-0.39, 0.29) is 24.4 Å². The van der Waals surface area contributed by atoms with Gasteiger partial charge in [-0.25, -0.2) is 15.1 Å². The van der Waals surface area contributed by atoms with E-state index in [4.69, 9.17) is 30.7 Å². The van der Waals surface area contributed by atoms with E-state index in [1.807, 2.05) is 48.7 Å². The molecule has 2 aromatic heterocycles. The second kappa shape index (κ2) is 12.1. The average Bonchev–Trinajstić information content (AvgIpc) is 3.49. The second-order valence-corrected chi connectivity index (χ2v) is 10.2. The van der Waals surface area contributed by atoms with Crippen molar-refractivity contribution in [1.29, 1.82) is 0 Å². The molecular formula is C23H31N6O5PS. The van der Waals surface area contributed by atoms with E-state index in [1.165, 1.54) is 0 Å². The van der Waals surface area contributed by atoms with Crippen molar-refractivity contribution in [3.05, 3.63) is 41.3 Å². The van der Waals surface area contributed by atoms with E-state index >= 15 is 0 Å². The maximum Gasteiger partial charge on any atom is 0.323 e. The number of rotatable bonds is 11. The number of esters is 1. The molecule has 0 amide bonds. The van der Waals surface area contributed by atoms with Gasteiger partial charge in [0.2, 0.25) is 5.95 Å². The highest BCUT2D eigenvalue weighted by atomic mass is 32.1. The average molecular weight is 535 g/mol. The number of nitrogens with zero attached hydrogens (tertiary/aromatic N) is 3. The van der Waals surface area contributed by atoms with Crippen molar-refractivity contribution in [2.45, 2.75) is 58.1 Å². The Bertz CT molecular complexity index is 1220. The number of imidazole rings is 1. The van der Waals surface area contributed by atoms with Crippen molar-refractivity contribution in [2.75, 3.05) is 19.0 Å². The quantitative estimate of drug-likeness (QED) is 0.184. The van der Waals surface area contributed by atoms with Crippen LogP contribution >= 0.6 is 20.7 Å². The first kappa shape index (κ1) is 26.4. The summed E-state index contributed by atoms with van der Waals surface area (Å²) >= 11 is 5.36. The minimum absolute atomic E-state index is 0.162. The Hall–Kier alpha value is -2.63. The number of carbonyl (C=O) groups excluding carboxylic acids is 1. The van der Waals surface area contributed by atoms with Gasteiger partial charge in [0.05, 0.1) is 25.1 Å². The number of hydrogen-bond acceptors (Lipinski definition) is 10. The van der Waals surface area contributed by atoms with Crippen LogP contribution in [0.2, 0.25) is 0 Å². The molecule has 3 aromatic rings. The Kier molecular flexibility index (Phi) is 8.86. The molecule has 3 heterocycles. The molecule has 3 N–H and O–H groups in total. The molecule has 1 fully saturated rings. The lowest BCUT2D eigenvalue weighted by Gasteiger charge is -2.23. The molecule has 4 atom stereocenters. The van der Waals surface area contributed by atoms with Crippen molar-refractivity contribution in [2.24, 2.45) is 0 Å². The molecule has 1 aliphatic rings. The molecule has 1 aliphatic heterocycles. The third kappa shape index (κ3) is 6.57. The predicted molar refractivity (Wildman–Crippen MR) is 139 cm³/mol. The van der Waals surface area contributed by atoms with Crippen LogP contribution in [0.5, 0.6) is 5.75 Å². The monoisotopic (exact) mass is 534 g/mol. The molecule has 4 rings (SSSR count). The zero-order valence-electron chi connectivity index (χ0n) is 20.6. The summed E-state index contributed by atoms with van der Waals surface area (Å²) in [5.41, 5.74) is 1.37. The SMILES string of the molecule is CNc1nc(=S)c2ncn(C3CCC(COP(NC(C)C(=O)OC(C)C)Oc4ccccc4)O3)c2[nH]1. The smallest absolute Gasteiger partial charge is 0.323 e. The summed E-state index contributed by atoms with van der Waals surface area (Å²) in [4.78, 5) is 24.2. The van der Waals surface area contributed by atoms with Gasteiger partial charge in [-0.05, 0) is 45.7 Å². The molecule has 0 bridgehead atoms. The van der Waals surface area contributed by atoms with E-state index in [2.05, 4.69) is 25.4 Å². The molecule has 36 heavy (non-hydrogen) atoms. The first-order valence-electron chi connectivity index (χ1n) is 11.8. The summed E-state index contributed by atoms with van der Waals surface area (Å²) in [5.74, 6) is 0.835. The van der Waals surface area contributed by atoms with E-state index in [0.717, 1.165) is 18.5 Å². The molecule has 1 saturated heterocycles. The first-order chi connectivity index (χ1) is 17.3. The van der Waals surface area contributed by atoms with Gasteiger partial charge in [-0.15, -0.1) is 0 Å². The number of fused-ring (bicyclic) bond motifs is 1. The molecule has 4 unspecified atom stereocenters.